The van der Waals surface area contributed by atoms with E-state index in [1.807, 2.05) is 13.0 Å². The fourth-order valence-corrected chi connectivity index (χ4v) is 1.06. The molecule has 0 saturated heterocycles. The molecule has 0 spiro atoms. The molecule has 0 aliphatic rings. The Labute approximate surface area is 86.6 Å². The van der Waals surface area contributed by atoms with E-state index in [1.165, 1.54) is 11.6 Å². The van der Waals surface area contributed by atoms with Gasteiger partial charge in [-0.15, -0.1) is 6.58 Å². The van der Waals surface area contributed by atoms with Crippen molar-refractivity contribution in [3.8, 4) is 0 Å². The molecule has 0 heterocycles. The summed E-state index contributed by atoms with van der Waals surface area (Å²) in [5.41, 5.74) is 1.22. The predicted molar refractivity (Wildman–Crippen MR) is 59.1 cm³/mol. The van der Waals surface area contributed by atoms with Crippen molar-refractivity contribution in [2.75, 3.05) is 6.61 Å². The van der Waals surface area contributed by atoms with Crippen LogP contribution in [0.5, 0.6) is 0 Å². The zero-order chi connectivity index (χ0) is 10.8. The highest BCUT2D eigenvalue weighted by Gasteiger charge is 1.92. The minimum atomic E-state index is -0.243. The number of rotatable bonds is 7. The summed E-state index contributed by atoms with van der Waals surface area (Å²) in [7, 11) is 0. The van der Waals surface area contributed by atoms with Crippen LogP contribution in [-0.4, -0.2) is 12.6 Å². The number of carbonyl (C=O) groups excluding carboxylic acids is 1. The van der Waals surface area contributed by atoms with Gasteiger partial charge in [-0.1, -0.05) is 11.6 Å². The standard InChI is InChI=1S/C12H20O2/c1-4-14-12(13)10-8-6-5-7-9-11(2)3/h8,10H,2,4-7,9H2,1,3H3/b10-8+. The number of carbonyl (C=O) groups is 1. The molecule has 0 radical (unpaired) electrons. The van der Waals surface area contributed by atoms with E-state index in [1.54, 1.807) is 6.92 Å². The highest BCUT2D eigenvalue weighted by atomic mass is 16.5. The fourth-order valence-electron chi connectivity index (χ4n) is 1.06. The smallest absolute Gasteiger partial charge is 0.330 e. The number of allylic oxidation sites excluding steroid dienone is 2. The van der Waals surface area contributed by atoms with Gasteiger partial charge in [0.25, 0.3) is 0 Å². The molecule has 80 valence electrons. The molecule has 0 bridgehead atoms. The van der Waals surface area contributed by atoms with Crippen LogP contribution in [0.25, 0.3) is 0 Å². The van der Waals surface area contributed by atoms with E-state index in [0.29, 0.717) is 6.61 Å². The molecule has 0 amide bonds. The second-order valence-electron chi connectivity index (χ2n) is 3.36. The van der Waals surface area contributed by atoms with Crippen molar-refractivity contribution in [1.82, 2.24) is 0 Å². The van der Waals surface area contributed by atoms with Crippen LogP contribution in [0.2, 0.25) is 0 Å². The first-order valence-electron chi connectivity index (χ1n) is 5.14. The molecule has 0 atom stereocenters. The number of hydrogen-bond donors (Lipinski definition) is 0. The maximum atomic E-state index is 10.9. The van der Waals surface area contributed by atoms with Gasteiger partial charge in [0, 0.05) is 6.08 Å². The molecule has 2 heteroatoms. The second kappa shape index (κ2) is 8.54. The predicted octanol–water partition coefficient (Wildman–Crippen LogP) is 3.24. The molecule has 0 aromatic heterocycles. The Bertz CT molecular complexity index is 204. The van der Waals surface area contributed by atoms with Crippen molar-refractivity contribution in [1.29, 1.82) is 0 Å². The SMILES string of the molecule is C=C(C)CCCC/C=C/C(=O)OCC. The molecule has 14 heavy (non-hydrogen) atoms. The van der Waals surface area contributed by atoms with Crippen molar-refractivity contribution in [2.24, 2.45) is 0 Å². The van der Waals surface area contributed by atoms with Gasteiger partial charge in [-0.2, -0.15) is 0 Å². The lowest BCUT2D eigenvalue weighted by Gasteiger charge is -1.97. The van der Waals surface area contributed by atoms with Crippen LogP contribution in [0.3, 0.4) is 0 Å². The van der Waals surface area contributed by atoms with Crippen molar-refractivity contribution in [2.45, 2.75) is 39.5 Å². The van der Waals surface area contributed by atoms with E-state index in [0.717, 1.165) is 25.7 Å². The Kier molecular flexibility index (Phi) is 7.90. The largest absolute Gasteiger partial charge is 0.463 e. The van der Waals surface area contributed by atoms with Crippen molar-refractivity contribution in [3.63, 3.8) is 0 Å². The molecule has 0 aromatic carbocycles. The van der Waals surface area contributed by atoms with E-state index in [-0.39, 0.29) is 5.97 Å². The van der Waals surface area contributed by atoms with Crippen molar-refractivity contribution >= 4 is 5.97 Å². The van der Waals surface area contributed by atoms with Gasteiger partial charge >= 0.3 is 5.97 Å². The van der Waals surface area contributed by atoms with Crippen LogP contribution in [0, 0.1) is 0 Å². The Morgan fingerprint density at radius 3 is 2.71 bits per heavy atom. The highest BCUT2D eigenvalue weighted by Crippen LogP contribution is 2.06. The van der Waals surface area contributed by atoms with E-state index in [2.05, 4.69) is 6.58 Å². The number of esters is 1. The third-order valence-corrected chi connectivity index (χ3v) is 1.76. The first-order valence-corrected chi connectivity index (χ1v) is 5.14. The fraction of sp³-hybridized carbons (Fsp3) is 0.583. The summed E-state index contributed by atoms with van der Waals surface area (Å²) in [6, 6.07) is 0. The monoisotopic (exact) mass is 196 g/mol. The van der Waals surface area contributed by atoms with Gasteiger partial charge in [-0.3, -0.25) is 0 Å². The Balaban J connectivity index is 3.35. The molecular weight excluding hydrogens is 176 g/mol. The van der Waals surface area contributed by atoms with E-state index < -0.39 is 0 Å². The van der Waals surface area contributed by atoms with Gasteiger partial charge in [0.2, 0.25) is 0 Å². The normalized spacial score (nSPS) is 10.4. The first kappa shape index (κ1) is 12.9. The van der Waals surface area contributed by atoms with Gasteiger partial charge in [-0.25, -0.2) is 4.79 Å². The number of hydrogen-bond acceptors (Lipinski definition) is 2. The summed E-state index contributed by atoms with van der Waals surface area (Å²) >= 11 is 0. The van der Waals surface area contributed by atoms with Crippen LogP contribution in [0.1, 0.15) is 39.5 Å². The van der Waals surface area contributed by atoms with Gasteiger partial charge in [0.05, 0.1) is 6.61 Å². The van der Waals surface area contributed by atoms with Crippen molar-refractivity contribution < 1.29 is 9.53 Å². The summed E-state index contributed by atoms with van der Waals surface area (Å²) < 4.78 is 4.75. The van der Waals surface area contributed by atoms with E-state index in [9.17, 15) is 4.79 Å². The van der Waals surface area contributed by atoms with Gasteiger partial charge in [0.15, 0.2) is 0 Å². The molecule has 0 aliphatic carbocycles. The molecule has 0 N–H and O–H groups in total. The molecule has 0 rings (SSSR count). The molecule has 0 fully saturated rings. The lowest BCUT2D eigenvalue weighted by molar-refractivity contribution is -0.137. The van der Waals surface area contributed by atoms with E-state index in [4.69, 9.17) is 4.74 Å². The van der Waals surface area contributed by atoms with E-state index >= 15 is 0 Å². The Hall–Kier alpha value is -1.05. The maximum absolute atomic E-state index is 10.9. The zero-order valence-electron chi connectivity index (χ0n) is 9.21. The number of unbranched alkanes of at least 4 members (excludes halogenated alkanes) is 2. The zero-order valence-corrected chi connectivity index (χ0v) is 9.21. The average molecular weight is 196 g/mol. The third-order valence-electron chi connectivity index (χ3n) is 1.76. The highest BCUT2D eigenvalue weighted by molar-refractivity contribution is 5.81. The number of ether oxygens (including phenoxy) is 1. The molecule has 0 aliphatic heterocycles. The van der Waals surface area contributed by atoms with Gasteiger partial charge < -0.3 is 4.74 Å². The topological polar surface area (TPSA) is 26.3 Å². The first-order chi connectivity index (χ1) is 6.66. The Morgan fingerprint density at radius 1 is 1.43 bits per heavy atom. The van der Waals surface area contributed by atoms with Crippen LogP contribution in [-0.2, 0) is 9.53 Å². The Morgan fingerprint density at radius 2 is 2.14 bits per heavy atom. The van der Waals surface area contributed by atoms with Crippen LogP contribution in [0.4, 0.5) is 0 Å². The van der Waals surface area contributed by atoms with Gasteiger partial charge in [-0.05, 0) is 39.5 Å². The third kappa shape index (κ3) is 9.04. The molecule has 0 unspecified atom stereocenters. The van der Waals surface area contributed by atoms with Crippen LogP contribution in [0.15, 0.2) is 24.3 Å². The molecule has 0 saturated carbocycles. The minimum Gasteiger partial charge on any atom is -0.463 e. The second-order valence-corrected chi connectivity index (χ2v) is 3.36. The average Bonchev–Trinajstić information content (AvgIpc) is 2.11. The summed E-state index contributed by atoms with van der Waals surface area (Å²) in [5.74, 6) is -0.243. The summed E-state index contributed by atoms with van der Waals surface area (Å²) in [5, 5.41) is 0. The quantitative estimate of drug-likeness (QED) is 0.270. The van der Waals surface area contributed by atoms with Crippen molar-refractivity contribution in [3.05, 3.63) is 24.3 Å². The summed E-state index contributed by atoms with van der Waals surface area (Å²) in [6.07, 6.45) is 7.63. The summed E-state index contributed by atoms with van der Waals surface area (Å²) in [6.45, 7) is 8.12. The van der Waals surface area contributed by atoms with Crippen LogP contribution >= 0.6 is 0 Å². The lowest BCUT2D eigenvalue weighted by Crippen LogP contribution is -1.98. The molecule has 2 nitrogen and oxygen atoms in total. The maximum Gasteiger partial charge on any atom is 0.330 e. The lowest BCUT2D eigenvalue weighted by atomic mass is 10.1. The molecule has 0 aromatic rings. The van der Waals surface area contributed by atoms with Crippen LogP contribution < -0.4 is 0 Å². The molecular formula is C12H20O2. The van der Waals surface area contributed by atoms with Gasteiger partial charge in [0.1, 0.15) is 0 Å². The minimum absolute atomic E-state index is 0.243. The summed E-state index contributed by atoms with van der Waals surface area (Å²) in [4.78, 5) is 10.9.